The van der Waals surface area contributed by atoms with Crippen molar-refractivity contribution in [1.29, 1.82) is 0 Å². The Bertz CT molecular complexity index is 965. The molecule has 0 atom stereocenters. The summed E-state index contributed by atoms with van der Waals surface area (Å²) in [5.41, 5.74) is 5.98. The zero-order chi connectivity index (χ0) is 20.9. The molecule has 6 heteroatoms. The smallest absolute Gasteiger partial charge is 0.272 e. The molecular weight excluding hydrogens is 364 g/mol. The van der Waals surface area contributed by atoms with Crippen LogP contribution in [0, 0.1) is 5.41 Å². The summed E-state index contributed by atoms with van der Waals surface area (Å²) in [4.78, 5) is 25.7. The lowest BCUT2D eigenvalue weighted by Crippen LogP contribution is -2.28. The third-order valence-corrected chi connectivity index (χ3v) is 4.19. The number of rotatable bonds is 6. The number of carbonyl (C=O) groups excluding carboxylic acids is 1. The fourth-order valence-electron chi connectivity index (χ4n) is 2.68. The molecule has 3 rings (SSSR count). The number of nitrogens with one attached hydrogen (secondary N) is 3. The summed E-state index contributed by atoms with van der Waals surface area (Å²) in [6, 6.07) is 17.1. The highest BCUT2D eigenvalue weighted by atomic mass is 16.6. The van der Waals surface area contributed by atoms with Crippen molar-refractivity contribution < 1.29 is 9.63 Å². The van der Waals surface area contributed by atoms with E-state index < -0.39 is 0 Å². The van der Waals surface area contributed by atoms with Crippen molar-refractivity contribution in [3.8, 4) is 0 Å². The predicted molar refractivity (Wildman–Crippen MR) is 119 cm³/mol. The van der Waals surface area contributed by atoms with E-state index in [4.69, 9.17) is 4.84 Å². The molecule has 0 aliphatic rings. The first-order valence-corrected chi connectivity index (χ1v) is 9.78. The third-order valence-electron chi connectivity index (χ3n) is 4.19. The fraction of sp³-hybridized carbons (Fsp3) is 0.304. The number of amides is 1. The van der Waals surface area contributed by atoms with E-state index in [-0.39, 0.29) is 11.3 Å². The lowest BCUT2D eigenvalue weighted by molar-refractivity contribution is 0.0306. The molecule has 0 fully saturated rings. The van der Waals surface area contributed by atoms with Crippen LogP contribution < -0.4 is 10.8 Å². The van der Waals surface area contributed by atoms with Crippen LogP contribution in [-0.4, -0.2) is 23.3 Å². The molecule has 1 aromatic heterocycles. The fourth-order valence-corrected chi connectivity index (χ4v) is 2.68. The minimum Gasteiger partial charge on any atom is -0.351 e. The van der Waals surface area contributed by atoms with Gasteiger partial charge in [-0.1, -0.05) is 45.9 Å². The molecule has 3 aromatic rings. The van der Waals surface area contributed by atoms with Crippen LogP contribution in [-0.2, 0) is 4.84 Å². The number of benzene rings is 2. The van der Waals surface area contributed by atoms with Gasteiger partial charge in [-0.2, -0.15) is 0 Å². The monoisotopic (exact) mass is 392 g/mol. The van der Waals surface area contributed by atoms with E-state index in [0.717, 1.165) is 28.8 Å². The van der Waals surface area contributed by atoms with E-state index in [0.29, 0.717) is 18.0 Å². The number of aromatic amines is 1. The molecule has 2 aromatic carbocycles. The Morgan fingerprint density at radius 1 is 1.10 bits per heavy atom. The van der Waals surface area contributed by atoms with Gasteiger partial charge in [-0.15, -0.1) is 0 Å². The number of nitrogens with zero attached hydrogens (tertiary/aromatic N) is 1. The number of amidine groups is 1. The van der Waals surface area contributed by atoms with Gasteiger partial charge >= 0.3 is 0 Å². The highest BCUT2D eigenvalue weighted by Gasteiger charge is 2.11. The van der Waals surface area contributed by atoms with Gasteiger partial charge in [0.15, 0.2) is 0 Å². The zero-order valence-electron chi connectivity index (χ0n) is 17.4. The summed E-state index contributed by atoms with van der Waals surface area (Å²) in [5, 5.41) is 3.92. The average Bonchev–Trinajstić information content (AvgIpc) is 3.12. The number of H-pyrrole nitrogens is 1. The summed E-state index contributed by atoms with van der Waals surface area (Å²) in [6.45, 7) is 8.94. The highest BCUT2D eigenvalue weighted by Crippen LogP contribution is 2.19. The number of aromatic nitrogens is 1. The van der Waals surface area contributed by atoms with Gasteiger partial charge in [-0.05, 0) is 41.8 Å². The van der Waals surface area contributed by atoms with Crippen LogP contribution in [0.2, 0.25) is 0 Å². The average molecular weight is 393 g/mol. The van der Waals surface area contributed by atoms with Gasteiger partial charge < -0.3 is 10.3 Å². The van der Waals surface area contributed by atoms with Gasteiger partial charge in [0, 0.05) is 23.0 Å². The van der Waals surface area contributed by atoms with Crippen LogP contribution in [0.5, 0.6) is 0 Å². The molecule has 1 heterocycles. The quantitative estimate of drug-likeness (QED) is 0.297. The molecule has 0 aliphatic carbocycles. The van der Waals surface area contributed by atoms with Gasteiger partial charge in [0.2, 0.25) is 0 Å². The molecule has 1 amide bonds. The maximum absolute atomic E-state index is 12.5. The lowest BCUT2D eigenvalue weighted by Gasteiger charge is -2.18. The van der Waals surface area contributed by atoms with Crippen molar-refractivity contribution in [3.63, 3.8) is 0 Å². The van der Waals surface area contributed by atoms with Crippen LogP contribution in [0.3, 0.4) is 0 Å². The zero-order valence-corrected chi connectivity index (χ0v) is 17.4. The van der Waals surface area contributed by atoms with Crippen LogP contribution in [0.4, 0.5) is 11.4 Å². The van der Waals surface area contributed by atoms with Gasteiger partial charge in [-0.25, -0.2) is 4.99 Å². The number of aliphatic imine (C=N–C) groups is 1. The first kappa shape index (κ1) is 20.6. The predicted octanol–water partition coefficient (Wildman–Crippen LogP) is 5.43. The summed E-state index contributed by atoms with van der Waals surface area (Å²) in [5.74, 6) is 0.577. The van der Waals surface area contributed by atoms with E-state index in [1.165, 1.54) is 0 Å². The number of carbonyl (C=O) groups is 1. The maximum Gasteiger partial charge on any atom is 0.272 e. The van der Waals surface area contributed by atoms with Crippen molar-refractivity contribution in [2.75, 3.05) is 11.9 Å². The first-order chi connectivity index (χ1) is 13.8. The molecule has 0 radical (unpaired) electrons. The third kappa shape index (κ3) is 5.93. The van der Waals surface area contributed by atoms with E-state index in [9.17, 15) is 4.79 Å². The molecular formula is C23H28N4O2. The summed E-state index contributed by atoms with van der Waals surface area (Å²) < 4.78 is 0. The number of hydrogen-bond donors (Lipinski definition) is 3. The Labute approximate surface area is 171 Å². The van der Waals surface area contributed by atoms with Crippen molar-refractivity contribution in [1.82, 2.24) is 10.5 Å². The molecule has 3 N–H and O–H groups in total. The van der Waals surface area contributed by atoms with Crippen LogP contribution in [0.25, 0.3) is 10.9 Å². The van der Waals surface area contributed by atoms with Crippen LogP contribution >= 0.6 is 0 Å². The van der Waals surface area contributed by atoms with Gasteiger partial charge in [-0.3, -0.25) is 15.1 Å². The Kier molecular flexibility index (Phi) is 6.34. The Morgan fingerprint density at radius 3 is 2.48 bits per heavy atom. The van der Waals surface area contributed by atoms with Crippen molar-refractivity contribution in [2.45, 2.75) is 34.1 Å². The number of anilines is 1. The standard InChI is InChI=1S/C23H28N4O2/c1-5-21(27-29-15-23(2,3)4)24-17-10-12-18(13-11-17)25-22(28)20-14-16-8-6-7-9-19(16)26-20/h6-14,26H,5,15H2,1-4H3,(H,24,27)(H,25,28). The minimum absolute atomic E-state index is 0.0800. The summed E-state index contributed by atoms with van der Waals surface area (Å²) >= 11 is 0. The number of fused-ring (bicyclic) bond motifs is 1. The molecule has 0 bridgehead atoms. The minimum atomic E-state index is -0.177. The number of hydroxylamine groups is 1. The van der Waals surface area contributed by atoms with Gasteiger partial charge in [0.25, 0.3) is 5.91 Å². The van der Waals surface area contributed by atoms with Gasteiger partial charge in [0.05, 0.1) is 12.3 Å². The topological polar surface area (TPSA) is 78.5 Å². The molecule has 0 unspecified atom stereocenters. The first-order valence-electron chi connectivity index (χ1n) is 9.78. The lowest BCUT2D eigenvalue weighted by atomic mass is 9.99. The van der Waals surface area contributed by atoms with E-state index >= 15 is 0 Å². The number of hydrogen-bond acceptors (Lipinski definition) is 3. The van der Waals surface area contributed by atoms with Gasteiger partial charge in [0.1, 0.15) is 11.5 Å². The SMILES string of the molecule is CCC(=Nc1ccc(NC(=O)c2cc3ccccc3[nH]2)cc1)NOCC(C)(C)C. The van der Waals surface area contributed by atoms with E-state index in [2.05, 4.69) is 41.5 Å². The Morgan fingerprint density at radius 2 is 1.83 bits per heavy atom. The Balaban J connectivity index is 1.62. The van der Waals surface area contributed by atoms with Crippen molar-refractivity contribution in [2.24, 2.45) is 10.4 Å². The second-order valence-corrected chi connectivity index (χ2v) is 8.13. The summed E-state index contributed by atoms with van der Waals surface area (Å²) in [7, 11) is 0. The molecule has 29 heavy (non-hydrogen) atoms. The maximum atomic E-state index is 12.5. The van der Waals surface area contributed by atoms with Crippen LogP contribution in [0.1, 0.15) is 44.6 Å². The van der Waals surface area contributed by atoms with Crippen LogP contribution in [0.15, 0.2) is 59.6 Å². The van der Waals surface area contributed by atoms with E-state index in [1.54, 1.807) is 0 Å². The normalized spacial score (nSPS) is 12.2. The molecule has 152 valence electrons. The number of para-hydroxylation sites is 1. The second kappa shape index (κ2) is 8.92. The highest BCUT2D eigenvalue weighted by molar-refractivity contribution is 6.06. The molecule has 6 nitrogen and oxygen atoms in total. The second-order valence-electron chi connectivity index (χ2n) is 8.13. The van der Waals surface area contributed by atoms with Crippen molar-refractivity contribution >= 4 is 34.0 Å². The Hall–Kier alpha value is -3.12. The van der Waals surface area contributed by atoms with E-state index in [1.807, 2.05) is 61.5 Å². The molecule has 0 aliphatic heterocycles. The van der Waals surface area contributed by atoms with Crippen molar-refractivity contribution in [3.05, 3.63) is 60.3 Å². The molecule has 0 saturated heterocycles. The largest absolute Gasteiger partial charge is 0.351 e. The molecule has 0 spiro atoms. The summed E-state index contributed by atoms with van der Waals surface area (Å²) in [6.07, 6.45) is 0.725. The molecule has 0 saturated carbocycles.